The first kappa shape index (κ1) is 25.7. The molecule has 1 atom stereocenters. The molecule has 1 unspecified atom stereocenters. The Hall–Kier alpha value is -2.37. The number of hydrogen-bond acceptors (Lipinski definition) is 10. The number of nitrogens with two attached hydrogens (primary N) is 1. The summed E-state index contributed by atoms with van der Waals surface area (Å²) in [5.74, 6) is -0.0834. The van der Waals surface area contributed by atoms with E-state index in [9.17, 15) is 14.5 Å². The molecule has 2 aromatic rings. The molecule has 1 aliphatic heterocycles. The van der Waals surface area contributed by atoms with Gasteiger partial charge in [-0.2, -0.15) is 4.98 Å². The fraction of sp³-hybridized carbons (Fsp3) is 0.636. The van der Waals surface area contributed by atoms with E-state index in [0.29, 0.717) is 24.6 Å². The second-order valence-electron chi connectivity index (χ2n) is 9.38. The number of aromatic amines is 1. The molecule has 12 nitrogen and oxygen atoms in total. The summed E-state index contributed by atoms with van der Waals surface area (Å²) in [6.07, 6.45) is 8.13. The molecule has 0 bridgehead atoms. The molecule has 1 spiro atoms. The number of nitrogen functional groups attached to an aromatic ring is 1. The third-order valence-corrected chi connectivity index (χ3v) is 8.10. The highest BCUT2D eigenvalue weighted by Crippen LogP contribution is 2.65. The Morgan fingerprint density at radius 3 is 2.74 bits per heavy atom. The van der Waals surface area contributed by atoms with Gasteiger partial charge in [0, 0.05) is 11.6 Å². The van der Waals surface area contributed by atoms with Gasteiger partial charge in [0.15, 0.2) is 11.2 Å². The number of H-pyrrole nitrogens is 1. The molecule has 0 aromatic carbocycles. The van der Waals surface area contributed by atoms with Crippen LogP contribution in [-0.4, -0.2) is 56.2 Å². The largest absolute Gasteiger partial charge is 0.464 e. The van der Waals surface area contributed by atoms with Crippen LogP contribution >= 0.6 is 8.09 Å². The molecule has 3 heterocycles. The van der Waals surface area contributed by atoms with Crippen LogP contribution in [0.2, 0.25) is 0 Å². The van der Waals surface area contributed by atoms with Gasteiger partial charge >= 0.3 is 14.1 Å². The molecule has 0 amide bonds. The zero-order valence-corrected chi connectivity index (χ0v) is 21.2. The number of nitrogens with zero attached hydrogens (tertiary/aromatic N) is 3. The van der Waals surface area contributed by atoms with Gasteiger partial charge in [-0.15, -0.1) is 0 Å². The van der Waals surface area contributed by atoms with Crippen LogP contribution in [0.1, 0.15) is 52.9 Å². The lowest BCUT2D eigenvalue weighted by Gasteiger charge is -2.37. The lowest BCUT2D eigenvalue weighted by atomic mass is 9.99. The van der Waals surface area contributed by atoms with Crippen molar-refractivity contribution < 1.29 is 23.5 Å². The zero-order valence-electron chi connectivity index (χ0n) is 20.3. The summed E-state index contributed by atoms with van der Waals surface area (Å²) >= 11 is 0. The van der Waals surface area contributed by atoms with E-state index in [1.165, 1.54) is 6.33 Å². The summed E-state index contributed by atoms with van der Waals surface area (Å²) in [6, 6.07) is -0.771. The molecule has 1 saturated heterocycles. The van der Waals surface area contributed by atoms with E-state index in [1.54, 1.807) is 11.5 Å². The van der Waals surface area contributed by atoms with E-state index >= 15 is 0 Å². The zero-order chi connectivity index (χ0) is 25.2. The van der Waals surface area contributed by atoms with Gasteiger partial charge in [-0.25, -0.2) is 10.1 Å². The fourth-order valence-corrected chi connectivity index (χ4v) is 5.98. The number of rotatable bonds is 10. The number of carbonyl (C=O) groups excluding carboxylic acids is 1. The topological polar surface area (TPSA) is 167 Å². The Morgan fingerprint density at radius 2 is 2.09 bits per heavy atom. The maximum Gasteiger partial charge on any atom is 0.323 e. The highest BCUT2D eigenvalue weighted by molar-refractivity contribution is 7.58. The molecular formula is C22H34N6O6P. The molecular weight excluding hydrogens is 475 g/mol. The Kier molecular flexibility index (Phi) is 7.58. The summed E-state index contributed by atoms with van der Waals surface area (Å²) in [7, 11) is -3.41. The molecule has 35 heavy (non-hydrogen) atoms. The van der Waals surface area contributed by atoms with E-state index in [-0.39, 0.29) is 30.1 Å². The third-order valence-electron chi connectivity index (χ3n) is 6.43. The molecule has 2 aromatic heterocycles. The van der Waals surface area contributed by atoms with E-state index < -0.39 is 25.7 Å². The van der Waals surface area contributed by atoms with Crippen molar-refractivity contribution in [2.24, 2.45) is 11.3 Å². The van der Waals surface area contributed by atoms with Crippen molar-refractivity contribution in [3.63, 3.8) is 0 Å². The van der Waals surface area contributed by atoms with E-state index in [1.807, 2.05) is 6.20 Å². The fourth-order valence-electron chi connectivity index (χ4n) is 4.32. The van der Waals surface area contributed by atoms with Crippen LogP contribution in [0.25, 0.3) is 17.4 Å². The summed E-state index contributed by atoms with van der Waals surface area (Å²) in [5, 5.41) is 2.80. The van der Waals surface area contributed by atoms with Crippen LogP contribution in [0.15, 0.2) is 16.7 Å². The molecule has 4 rings (SSSR count). The monoisotopic (exact) mass is 509 g/mol. The molecule has 2 aliphatic rings. The Morgan fingerprint density at radius 1 is 1.40 bits per heavy atom. The minimum atomic E-state index is -3.41. The van der Waals surface area contributed by atoms with Crippen LogP contribution < -0.4 is 16.4 Å². The highest BCUT2D eigenvalue weighted by Gasteiger charge is 2.56. The number of anilines is 1. The SMILES string of the molecule is CCCC(CCC)COC(=O)C(C)N[P]1(O)OCC2(CO1)CC2=Cn1cnc2c(=O)[nH]c(N)nc21. The van der Waals surface area contributed by atoms with Gasteiger partial charge in [0.05, 0.1) is 19.8 Å². The van der Waals surface area contributed by atoms with Crippen molar-refractivity contribution in [1.29, 1.82) is 0 Å². The average Bonchev–Trinajstić information content (AvgIpc) is 3.32. The summed E-state index contributed by atoms with van der Waals surface area (Å²) in [4.78, 5) is 45.9. The number of aromatic nitrogens is 4. The summed E-state index contributed by atoms with van der Waals surface area (Å²) < 4.78 is 18.5. The Bertz CT molecular complexity index is 1150. The smallest absolute Gasteiger partial charge is 0.323 e. The number of ether oxygens (including phenoxy) is 1. The van der Waals surface area contributed by atoms with Crippen molar-refractivity contribution >= 4 is 37.4 Å². The minimum absolute atomic E-state index is 0.0114. The first-order valence-corrected chi connectivity index (χ1v) is 13.5. The minimum Gasteiger partial charge on any atom is -0.464 e. The van der Waals surface area contributed by atoms with Gasteiger partial charge in [0.2, 0.25) is 5.95 Å². The first-order chi connectivity index (χ1) is 16.7. The van der Waals surface area contributed by atoms with Gasteiger partial charge in [0.25, 0.3) is 5.56 Å². The lowest BCUT2D eigenvalue weighted by molar-refractivity contribution is -0.147. The van der Waals surface area contributed by atoms with Gasteiger partial charge in [-0.05, 0) is 37.7 Å². The number of carbonyl (C=O) groups is 1. The second kappa shape index (κ2) is 10.3. The van der Waals surface area contributed by atoms with Gasteiger partial charge in [-0.3, -0.25) is 19.1 Å². The number of hydrogen-bond donors (Lipinski definition) is 4. The van der Waals surface area contributed by atoms with Gasteiger partial charge in [0.1, 0.15) is 12.4 Å². The van der Waals surface area contributed by atoms with E-state index in [4.69, 9.17) is 19.5 Å². The van der Waals surface area contributed by atoms with Gasteiger partial charge < -0.3 is 24.4 Å². The third kappa shape index (κ3) is 5.73. The maximum absolute atomic E-state index is 12.5. The normalized spacial score (nSPS) is 26.0. The lowest BCUT2D eigenvalue weighted by Crippen LogP contribution is -2.40. The molecule has 13 heteroatoms. The van der Waals surface area contributed by atoms with Crippen LogP contribution in [-0.2, 0) is 18.6 Å². The average molecular weight is 510 g/mol. The van der Waals surface area contributed by atoms with Crippen molar-refractivity contribution in [2.45, 2.75) is 58.9 Å². The van der Waals surface area contributed by atoms with Crippen LogP contribution in [0.5, 0.6) is 0 Å². The number of fused-ring (bicyclic) bond motifs is 1. The summed E-state index contributed by atoms with van der Waals surface area (Å²) in [5.41, 5.74) is 6.43. The molecule has 5 N–H and O–H groups in total. The predicted molar refractivity (Wildman–Crippen MR) is 132 cm³/mol. The molecule has 2 fully saturated rings. The van der Waals surface area contributed by atoms with Crippen molar-refractivity contribution in [1.82, 2.24) is 24.6 Å². The Labute approximate surface area is 203 Å². The van der Waals surface area contributed by atoms with Crippen molar-refractivity contribution in [2.75, 3.05) is 25.6 Å². The van der Waals surface area contributed by atoms with E-state index in [2.05, 4.69) is 33.9 Å². The van der Waals surface area contributed by atoms with E-state index in [0.717, 1.165) is 31.3 Å². The van der Waals surface area contributed by atoms with Crippen LogP contribution in [0, 0.1) is 11.3 Å². The number of esters is 1. The van der Waals surface area contributed by atoms with Crippen molar-refractivity contribution in [3.05, 3.63) is 22.3 Å². The first-order valence-electron chi connectivity index (χ1n) is 12.0. The molecule has 1 aliphatic carbocycles. The summed E-state index contributed by atoms with van der Waals surface area (Å²) in [6.45, 7) is 6.69. The van der Waals surface area contributed by atoms with Crippen LogP contribution in [0.3, 0.4) is 0 Å². The second-order valence-corrected chi connectivity index (χ2v) is 11.2. The number of nitrogens with one attached hydrogen (secondary N) is 2. The Balaban J connectivity index is 1.32. The van der Waals surface area contributed by atoms with Gasteiger partial charge in [-0.1, -0.05) is 26.7 Å². The number of imidazole rings is 1. The van der Waals surface area contributed by atoms with Crippen LogP contribution in [0.4, 0.5) is 5.95 Å². The van der Waals surface area contributed by atoms with Crippen molar-refractivity contribution in [3.8, 4) is 0 Å². The maximum atomic E-state index is 12.5. The quantitative estimate of drug-likeness (QED) is 0.276. The highest BCUT2D eigenvalue weighted by atomic mass is 31.2. The predicted octanol–water partition coefficient (Wildman–Crippen LogP) is 2.39. The standard InChI is InChI=1S/C22H34N6O6P/c1-4-6-15(7-5-2)10-32-20(30)14(3)27-35(31)33-11-22(12-34-35)8-16(22)9-28-13-24-17-18(28)25-21(23)26-19(17)29/h9,13-15,27,31H,4-8,10-12H2,1-3H3,(H3,23,25,26,29). The molecule has 1 saturated carbocycles. The molecule has 193 valence electrons. The molecule has 1 radical (unpaired) electrons.